The number of nitrogens with zero attached hydrogens (tertiary/aromatic N) is 1. The molecule has 2 nitrogen and oxygen atoms in total. The number of hydrogen-bond donors (Lipinski definition) is 1. The molecule has 4 heteroatoms. The van der Waals surface area contributed by atoms with E-state index in [9.17, 15) is 0 Å². The summed E-state index contributed by atoms with van der Waals surface area (Å²) in [5.41, 5.74) is 8.02. The predicted octanol–water partition coefficient (Wildman–Crippen LogP) is 4.45. The van der Waals surface area contributed by atoms with E-state index >= 15 is 0 Å². The lowest BCUT2D eigenvalue weighted by molar-refractivity contribution is 0.812. The fraction of sp³-hybridized carbons (Fsp3) is 0.333. The zero-order valence-corrected chi connectivity index (χ0v) is 12.8. The lowest BCUT2D eigenvalue weighted by Crippen LogP contribution is -2.22. The molecule has 1 heterocycles. The molecule has 0 aliphatic heterocycles. The van der Waals surface area contributed by atoms with Gasteiger partial charge < -0.3 is 10.6 Å². The lowest BCUT2D eigenvalue weighted by atomic mass is 10.1. The lowest BCUT2D eigenvalue weighted by Gasteiger charge is -2.24. The number of halogens is 1. The van der Waals surface area contributed by atoms with E-state index in [-0.39, 0.29) is 6.04 Å². The molecule has 0 radical (unpaired) electrons. The number of hydrogen-bond acceptors (Lipinski definition) is 3. The average Bonchev–Trinajstić information content (AvgIpc) is 2.89. The van der Waals surface area contributed by atoms with Crippen LogP contribution < -0.4 is 10.6 Å². The summed E-state index contributed by atoms with van der Waals surface area (Å²) in [6.07, 6.45) is 0. The van der Waals surface area contributed by atoms with Gasteiger partial charge in [0.2, 0.25) is 0 Å². The van der Waals surface area contributed by atoms with Crippen LogP contribution in [0.2, 0.25) is 5.02 Å². The summed E-state index contributed by atoms with van der Waals surface area (Å²) in [6.45, 7) is 5.93. The van der Waals surface area contributed by atoms with Crippen molar-refractivity contribution in [3.05, 3.63) is 51.2 Å². The minimum absolute atomic E-state index is 0.0129. The van der Waals surface area contributed by atoms with Crippen LogP contribution in [0.4, 0.5) is 5.69 Å². The van der Waals surface area contributed by atoms with E-state index in [0.29, 0.717) is 0 Å². The highest BCUT2D eigenvalue weighted by atomic mass is 35.5. The summed E-state index contributed by atoms with van der Waals surface area (Å²) in [7, 11) is 0. The van der Waals surface area contributed by atoms with E-state index in [4.69, 9.17) is 17.3 Å². The zero-order chi connectivity index (χ0) is 13.8. The van der Waals surface area contributed by atoms with Gasteiger partial charge in [0.1, 0.15) is 0 Å². The van der Waals surface area contributed by atoms with Crippen molar-refractivity contribution in [3.63, 3.8) is 0 Å². The average molecular weight is 295 g/mol. The third kappa shape index (κ3) is 3.50. The quantitative estimate of drug-likeness (QED) is 0.883. The van der Waals surface area contributed by atoms with Crippen molar-refractivity contribution in [1.82, 2.24) is 0 Å². The zero-order valence-electron chi connectivity index (χ0n) is 11.3. The molecule has 1 aromatic carbocycles. The second-order valence-electron chi connectivity index (χ2n) is 4.59. The maximum absolute atomic E-state index is 6.39. The molecule has 2 aromatic rings. The maximum Gasteiger partial charge on any atom is 0.0643 e. The Balaban J connectivity index is 2.23. The Hall–Kier alpha value is -1.03. The van der Waals surface area contributed by atoms with Gasteiger partial charge in [-0.1, -0.05) is 23.7 Å². The first kappa shape index (κ1) is 14.4. The van der Waals surface area contributed by atoms with Crippen LogP contribution in [0.3, 0.4) is 0 Å². The number of thiophene rings is 1. The van der Waals surface area contributed by atoms with Gasteiger partial charge in [-0.05, 0) is 43.0 Å². The van der Waals surface area contributed by atoms with Crippen LogP contribution in [0.15, 0.2) is 35.7 Å². The molecule has 0 fully saturated rings. The first-order valence-corrected chi connectivity index (χ1v) is 7.70. The molecule has 19 heavy (non-hydrogen) atoms. The minimum atomic E-state index is 0.0129. The van der Waals surface area contributed by atoms with Gasteiger partial charge in [0.15, 0.2) is 0 Å². The van der Waals surface area contributed by atoms with E-state index in [0.717, 1.165) is 29.4 Å². The Morgan fingerprint density at radius 3 is 2.68 bits per heavy atom. The Morgan fingerprint density at radius 2 is 2.16 bits per heavy atom. The van der Waals surface area contributed by atoms with Crippen molar-refractivity contribution >= 4 is 28.6 Å². The molecule has 0 bridgehead atoms. The van der Waals surface area contributed by atoms with Gasteiger partial charge >= 0.3 is 0 Å². The molecule has 0 amide bonds. The van der Waals surface area contributed by atoms with Crippen LogP contribution in [0, 0.1) is 0 Å². The Kier molecular flexibility index (Phi) is 4.86. The second-order valence-corrected chi connectivity index (χ2v) is 6.03. The summed E-state index contributed by atoms with van der Waals surface area (Å²) >= 11 is 8.16. The van der Waals surface area contributed by atoms with Gasteiger partial charge in [-0.2, -0.15) is 0 Å². The largest absolute Gasteiger partial charge is 0.365 e. The fourth-order valence-electron chi connectivity index (χ4n) is 2.02. The van der Waals surface area contributed by atoms with Crippen LogP contribution in [-0.2, 0) is 6.54 Å². The summed E-state index contributed by atoms with van der Waals surface area (Å²) in [4.78, 5) is 3.62. The second kappa shape index (κ2) is 6.42. The molecule has 1 atom stereocenters. The number of anilines is 1. The smallest absolute Gasteiger partial charge is 0.0643 e. The number of nitrogens with two attached hydrogens (primary N) is 1. The van der Waals surface area contributed by atoms with Gasteiger partial charge in [0.05, 0.1) is 17.3 Å². The minimum Gasteiger partial charge on any atom is -0.365 e. The highest BCUT2D eigenvalue weighted by molar-refractivity contribution is 7.09. The number of benzene rings is 1. The van der Waals surface area contributed by atoms with Crippen LogP contribution in [0.1, 0.15) is 30.3 Å². The molecule has 2 N–H and O–H groups in total. The Bertz CT molecular complexity index is 523. The van der Waals surface area contributed by atoms with Crippen LogP contribution in [0.5, 0.6) is 0 Å². The van der Waals surface area contributed by atoms with Gasteiger partial charge in [0, 0.05) is 17.5 Å². The summed E-state index contributed by atoms with van der Waals surface area (Å²) in [5, 5.41) is 2.87. The standard InChI is InChI=1S/C15H19ClN2S/c1-3-18(10-13-5-4-8-19-13)15-7-6-12(11(2)17)9-14(15)16/h4-9,11H,3,10,17H2,1-2H3. The first-order valence-electron chi connectivity index (χ1n) is 6.44. The predicted molar refractivity (Wildman–Crippen MR) is 85.1 cm³/mol. The van der Waals surface area contributed by atoms with E-state index in [1.165, 1.54) is 4.88 Å². The molecule has 0 spiro atoms. The van der Waals surface area contributed by atoms with Crippen molar-refractivity contribution in [2.24, 2.45) is 5.73 Å². The van der Waals surface area contributed by atoms with Crippen molar-refractivity contribution in [1.29, 1.82) is 0 Å². The molecule has 1 unspecified atom stereocenters. The normalized spacial score (nSPS) is 12.4. The Labute approximate surface area is 123 Å². The summed E-state index contributed by atoms with van der Waals surface area (Å²) < 4.78 is 0. The van der Waals surface area contributed by atoms with Gasteiger partial charge in [-0.3, -0.25) is 0 Å². The topological polar surface area (TPSA) is 29.3 Å². The molecule has 0 saturated carbocycles. The van der Waals surface area contributed by atoms with Crippen molar-refractivity contribution < 1.29 is 0 Å². The molecular weight excluding hydrogens is 276 g/mol. The van der Waals surface area contributed by atoms with E-state index in [1.54, 1.807) is 11.3 Å². The third-order valence-electron chi connectivity index (χ3n) is 3.15. The van der Waals surface area contributed by atoms with Gasteiger partial charge in [-0.15, -0.1) is 11.3 Å². The van der Waals surface area contributed by atoms with Crippen molar-refractivity contribution in [2.75, 3.05) is 11.4 Å². The molecule has 1 aromatic heterocycles. The maximum atomic E-state index is 6.39. The fourth-order valence-corrected chi connectivity index (χ4v) is 3.05. The molecule has 2 rings (SSSR count). The monoisotopic (exact) mass is 294 g/mol. The summed E-state index contributed by atoms with van der Waals surface area (Å²) in [6, 6.07) is 10.3. The molecule has 0 aliphatic carbocycles. The molecule has 0 aliphatic rings. The van der Waals surface area contributed by atoms with E-state index in [2.05, 4.69) is 41.5 Å². The van der Waals surface area contributed by atoms with Crippen molar-refractivity contribution in [2.45, 2.75) is 26.4 Å². The van der Waals surface area contributed by atoms with Crippen molar-refractivity contribution in [3.8, 4) is 0 Å². The number of rotatable bonds is 5. The van der Waals surface area contributed by atoms with E-state index < -0.39 is 0 Å². The molecule has 0 saturated heterocycles. The molecular formula is C15H19ClN2S. The summed E-state index contributed by atoms with van der Waals surface area (Å²) in [5.74, 6) is 0. The van der Waals surface area contributed by atoms with Crippen LogP contribution in [0.25, 0.3) is 0 Å². The third-order valence-corrected chi connectivity index (χ3v) is 4.31. The van der Waals surface area contributed by atoms with E-state index in [1.807, 2.05) is 13.0 Å². The highest BCUT2D eigenvalue weighted by Crippen LogP contribution is 2.30. The van der Waals surface area contributed by atoms with Crippen LogP contribution >= 0.6 is 22.9 Å². The highest BCUT2D eigenvalue weighted by Gasteiger charge is 2.11. The van der Waals surface area contributed by atoms with Crippen LogP contribution in [-0.4, -0.2) is 6.54 Å². The SMILES string of the molecule is CCN(Cc1cccs1)c1ccc(C(C)N)cc1Cl. The Morgan fingerprint density at radius 1 is 1.37 bits per heavy atom. The molecule has 102 valence electrons. The first-order chi connectivity index (χ1) is 9.11. The van der Waals surface area contributed by atoms with Gasteiger partial charge in [0.25, 0.3) is 0 Å². The van der Waals surface area contributed by atoms with Gasteiger partial charge in [-0.25, -0.2) is 0 Å².